The van der Waals surface area contributed by atoms with Crippen molar-refractivity contribution in [2.75, 3.05) is 6.61 Å². The van der Waals surface area contributed by atoms with E-state index in [4.69, 9.17) is 18.6 Å². The van der Waals surface area contributed by atoms with Gasteiger partial charge in [0.05, 0.1) is 12.0 Å². The summed E-state index contributed by atoms with van der Waals surface area (Å²) in [6.45, 7) is -0.726. The van der Waals surface area contributed by atoms with Gasteiger partial charge < -0.3 is 64.6 Å². The molecule has 0 unspecified atom stereocenters. The number of carboxylic acids is 1. The molecule has 3 aromatic rings. The molecule has 0 radical (unpaired) electrons. The van der Waals surface area contributed by atoms with E-state index in [-0.39, 0.29) is 28.0 Å². The average molecular weight is 564 g/mol. The van der Waals surface area contributed by atoms with E-state index in [2.05, 4.69) is 0 Å². The van der Waals surface area contributed by atoms with Crippen LogP contribution in [0.1, 0.15) is 11.7 Å². The Labute approximate surface area is 225 Å². The van der Waals surface area contributed by atoms with Crippen molar-refractivity contribution in [2.24, 2.45) is 0 Å². The third kappa shape index (κ3) is 4.89. The van der Waals surface area contributed by atoms with Crippen molar-refractivity contribution in [1.29, 1.82) is 0 Å². The lowest BCUT2D eigenvalue weighted by atomic mass is 9.89. The van der Waals surface area contributed by atoms with Gasteiger partial charge in [-0.25, -0.2) is 4.79 Å². The van der Waals surface area contributed by atoms with Crippen LogP contribution in [0.5, 0.6) is 11.5 Å². The first-order chi connectivity index (χ1) is 19.0. The molecule has 2 fully saturated rings. The van der Waals surface area contributed by atoms with Gasteiger partial charge in [-0.3, -0.25) is 0 Å². The Morgan fingerprint density at radius 1 is 0.850 bits per heavy atom. The fraction of sp³-hybridized carbons (Fsp3) is 0.423. The van der Waals surface area contributed by atoms with Crippen LogP contribution in [0.4, 0.5) is 0 Å². The molecule has 216 valence electrons. The van der Waals surface area contributed by atoms with Crippen LogP contribution < -0.4 is 0 Å². The summed E-state index contributed by atoms with van der Waals surface area (Å²) >= 11 is 0. The number of aliphatic carboxylic acids is 1. The topological polar surface area (TPSA) is 240 Å². The first-order valence-electron chi connectivity index (χ1n) is 12.3. The van der Waals surface area contributed by atoms with Gasteiger partial charge in [0.1, 0.15) is 71.7 Å². The first-order valence-corrected chi connectivity index (χ1v) is 12.3. The van der Waals surface area contributed by atoms with Gasteiger partial charge in [-0.05, 0) is 42.5 Å². The van der Waals surface area contributed by atoms with Gasteiger partial charge in [-0.2, -0.15) is 0 Å². The fourth-order valence-corrected chi connectivity index (χ4v) is 4.92. The van der Waals surface area contributed by atoms with Gasteiger partial charge in [0.2, 0.25) is 0 Å². The van der Waals surface area contributed by atoms with Gasteiger partial charge in [0.15, 0.2) is 12.4 Å². The molecule has 2 aliphatic rings. The Morgan fingerprint density at radius 2 is 1.55 bits per heavy atom. The molecule has 5 rings (SSSR count). The van der Waals surface area contributed by atoms with Crippen molar-refractivity contribution >= 4 is 16.9 Å². The van der Waals surface area contributed by atoms with E-state index in [9.17, 15) is 50.8 Å². The highest BCUT2D eigenvalue weighted by molar-refractivity contribution is 5.89. The Hall–Kier alpha value is -3.31. The number of carbonyl (C=O) groups is 1. The standard InChI is InChI=1S/C26H28O14/c27-8-15-17(30)19(32)23(39-26-21(34)18(31)20(33)24(40-26)25(35)36)22(38-15)11-5-6-13-12(16(11)29)7-14(37-13)9-1-3-10(28)4-2-9/h1-7,15,17-24,26-34H,8H2,(H,35,36)/t15-,17-,18+,19+,20+,21-,22+,23-,24+,26-/m1/s1. The lowest BCUT2D eigenvalue weighted by Crippen LogP contribution is -2.63. The van der Waals surface area contributed by atoms with Crippen LogP contribution in [0.25, 0.3) is 22.3 Å². The number of hydrogen-bond acceptors (Lipinski definition) is 13. The number of phenolic OH excluding ortho intramolecular Hbond substituents is 2. The second kappa shape index (κ2) is 10.9. The first kappa shape index (κ1) is 28.2. The molecular formula is C26H28O14. The van der Waals surface area contributed by atoms with Gasteiger partial charge in [-0.1, -0.05) is 0 Å². The molecule has 40 heavy (non-hydrogen) atoms. The largest absolute Gasteiger partial charge is 0.508 e. The zero-order valence-corrected chi connectivity index (χ0v) is 20.6. The van der Waals surface area contributed by atoms with E-state index in [0.717, 1.165) is 0 Å². The number of ether oxygens (including phenoxy) is 3. The molecule has 10 atom stereocenters. The Morgan fingerprint density at radius 3 is 2.20 bits per heavy atom. The normalized spacial score (nSPS) is 34.6. The number of aromatic hydroxyl groups is 2. The summed E-state index contributed by atoms with van der Waals surface area (Å²) in [6.07, 6.45) is -17.8. The van der Waals surface area contributed by atoms with Gasteiger partial charge in [-0.15, -0.1) is 0 Å². The molecule has 0 saturated carbocycles. The molecule has 0 spiro atoms. The van der Waals surface area contributed by atoms with Crippen molar-refractivity contribution < 1.29 is 69.4 Å². The number of rotatable bonds is 6. The SMILES string of the molecule is O=C(O)[C@H]1O[C@@H](O[C@@H]2[C@@H](O)[C@H](O)[C@@H](CO)O[C@H]2c2ccc3oc(-c4ccc(O)cc4)cc3c2O)[C@H](O)[C@@H](O)[C@@H]1O. The lowest BCUT2D eigenvalue weighted by molar-refractivity contribution is -0.337. The molecule has 14 heteroatoms. The summed E-state index contributed by atoms with van der Waals surface area (Å²) in [5.41, 5.74) is 0.881. The second-order valence-electron chi connectivity index (χ2n) is 9.67. The predicted octanol–water partition coefficient (Wildman–Crippen LogP) is -1.06. The molecule has 2 aliphatic heterocycles. The van der Waals surface area contributed by atoms with Crippen molar-refractivity contribution in [3.05, 3.63) is 48.0 Å². The number of fused-ring (bicyclic) bond motifs is 1. The summed E-state index contributed by atoms with van der Waals surface area (Å²) in [5, 5.41) is 92.0. The van der Waals surface area contributed by atoms with Crippen LogP contribution in [-0.4, -0.2) is 114 Å². The monoisotopic (exact) mass is 564 g/mol. The van der Waals surface area contributed by atoms with Gasteiger partial charge >= 0.3 is 5.97 Å². The number of aliphatic hydroxyl groups excluding tert-OH is 6. The van der Waals surface area contributed by atoms with Crippen LogP contribution in [0.2, 0.25) is 0 Å². The number of furan rings is 1. The molecule has 0 bridgehead atoms. The number of aliphatic hydroxyl groups is 6. The molecule has 9 N–H and O–H groups in total. The van der Waals surface area contributed by atoms with Crippen LogP contribution in [0.3, 0.4) is 0 Å². The number of carboxylic acid groups (broad SMARTS) is 1. The zero-order valence-electron chi connectivity index (χ0n) is 20.6. The predicted molar refractivity (Wildman–Crippen MR) is 131 cm³/mol. The Balaban J connectivity index is 1.51. The third-order valence-electron chi connectivity index (χ3n) is 7.13. The summed E-state index contributed by atoms with van der Waals surface area (Å²) in [5.74, 6) is -1.62. The summed E-state index contributed by atoms with van der Waals surface area (Å²) in [7, 11) is 0. The lowest BCUT2D eigenvalue weighted by Gasteiger charge is -2.46. The molecule has 0 aliphatic carbocycles. The highest BCUT2D eigenvalue weighted by Crippen LogP contribution is 2.43. The highest BCUT2D eigenvalue weighted by atomic mass is 16.7. The third-order valence-corrected chi connectivity index (χ3v) is 7.13. The van der Waals surface area contributed by atoms with Crippen molar-refractivity contribution in [1.82, 2.24) is 0 Å². The van der Waals surface area contributed by atoms with Crippen molar-refractivity contribution in [2.45, 2.75) is 61.2 Å². The van der Waals surface area contributed by atoms with E-state index in [1.54, 1.807) is 12.1 Å². The van der Waals surface area contributed by atoms with Crippen LogP contribution >= 0.6 is 0 Å². The number of benzene rings is 2. The van der Waals surface area contributed by atoms with E-state index in [1.165, 1.54) is 30.3 Å². The zero-order chi connectivity index (χ0) is 28.9. The molecule has 14 nitrogen and oxygen atoms in total. The van der Waals surface area contributed by atoms with Crippen molar-refractivity contribution in [3.63, 3.8) is 0 Å². The van der Waals surface area contributed by atoms with Crippen molar-refractivity contribution in [3.8, 4) is 22.8 Å². The van der Waals surface area contributed by atoms with Crippen LogP contribution in [0, 0.1) is 0 Å². The fourth-order valence-electron chi connectivity index (χ4n) is 4.92. The molecule has 2 saturated heterocycles. The van der Waals surface area contributed by atoms with E-state index in [0.29, 0.717) is 11.3 Å². The molecule has 1 aromatic heterocycles. The molecular weight excluding hydrogens is 536 g/mol. The smallest absolute Gasteiger partial charge is 0.335 e. The summed E-state index contributed by atoms with van der Waals surface area (Å²) in [4.78, 5) is 11.5. The maximum atomic E-state index is 11.5. The summed E-state index contributed by atoms with van der Waals surface area (Å²) in [6, 6.07) is 10.5. The van der Waals surface area contributed by atoms with E-state index in [1.807, 2.05) is 0 Å². The van der Waals surface area contributed by atoms with Gasteiger partial charge in [0, 0.05) is 11.1 Å². The maximum Gasteiger partial charge on any atom is 0.335 e. The molecule has 0 amide bonds. The van der Waals surface area contributed by atoms with Crippen LogP contribution in [-0.2, 0) is 19.0 Å². The Kier molecular flexibility index (Phi) is 7.71. The van der Waals surface area contributed by atoms with E-state index < -0.39 is 73.8 Å². The average Bonchev–Trinajstić information content (AvgIpc) is 3.37. The quantitative estimate of drug-likeness (QED) is 0.173. The second-order valence-corrected chi connectivity index (χ2v) is 9.67. The number of hydrogen-bond donors (Lipinski definition) is 9. The minimum atomic E-state index is -2.00. The van der Waals surface area contributed by atoms with E-state index >= 15 is 0 Å². The molecule has 3 heterocycles. The number of phenols is 2. The molecule has 2 aromatic carbocycles. The maximum absolute atomic E-state index is 11.5. The summed E-state index contributed by atoms with van der Waals surface area (Å²) < 4.78 is 22.4. The minimum Gasteiger partial charge on any atom is -0.508 e. The van der Waals surface area contributed by atoms with Crippen LogP contribution in [0.15, 0.2) is 46.9 Å². The highest BCUT2D eigenvalue weighted by Gasteiger charge is 2.52. The van der Waals surface area contributed by atoms with Gasteiger partial charge in [0.25, 0.3) is 0 Å². The minimum absolute atomic E-state index is 0.0145. The Bertz CT molecular complexity index is 1360.